The van der Waals surface area contributed by atoms with E-state index < -0.39 is 0 Å². The van der Waals surface area contributed by atoms with E-state index in [-0.39, 0.29) is 11.9 Å². The van der Waals surface area contributed by atoms with E-state index in [1.807, 2.05) is 11.8 Å². The summed E-state index contributed by atoms with van der Waals surface area (Å²) in [6, 6.07) is -0.328. The monoisotopic (exact) mass is 198 g/mol. The molecule has 0 aliphatic carbocycles. The van der Waals surface area contributed by atoms with Crippen molar-refractivity contribution in [3.63, 3.8) is 0 Å². The topological polar surface area (TPSA) is 49.4 Å². The lowest BCUT2D eigenvalue weighted by Crippen LogP contribution is -2.47. The van der Waals surface area contributed by atoms with E-state index in [2.05, 4.69) is 5.32 Å². The Kier molecular flexibility index (Phi) is 4.43. The van der Waals surface area contributed by atoms with Gasteiger partial charge in [0.1, 0.15) is 6.04 Å². The van der Waals surface area contributed by atoms with Crippen molar-refractivity contribution in [2.45, 2.75) is 38.6 Å². The minimum atomic E-state index is -0.328. The van der Waals surface area contributed by atoms with Crippen molar-refractivity contribution in [3.05, 3.63) is 0 Å². The van der Waals surface area contributed by atoms with Crippen molar-refractivity contribution in [3.8, 4) is 0 Å². The van der Waals surface area contributed by atoms with Gasteiger partial charge >= 0.3 is 0 Å². The number of carbonyl (C=O) groups is 2. The second-order valence-corrected chi connectivity index (χ2v) is 3.63. The van der Waals surface area contributed by atoms with Crippen LogP contribution in [0.1, 0.15) is 32.6 Å². The van der Waals surface area contributed by atoms with Gasteiger partial charge < -0.3 is 10.2 Å². The number of piperidine rings is 1. The maximum absolute atomic E-state index is 11.8. The number of nitrogens with zero attached hydrogens (tertiary/aromatic N) is 1. The maximum atomic E-state index is 11.8. The summed E-state index contributed by atoms with van der Waals surface area (Å²) in [5.74, 6) is 0.0688. The molecule has 1 fully saturated rings. The highest BCUT2D eigenvalue weighted by Gasteiger charge is 2.23. The largest absolute Gasteiger partial charge is 0.347 e. The Labute approximate surface area is 84.7 Å². The molecule has 14 heavy (non-hydrogen) atoms. The summed E-state index contributed by atoms with van der Waals surface area (Å²) in [6.07, 6.45) is 4.65. The van der Waals surface area contributed by atoms with Crippen LogP contribution in [0.4, 0.5) is 0 Å². The van der Waals surface area contributed by atoms with Crippen LogP contribution in [0.2, 0.25) is 0 Å². The molecule has 0 spiro atoms. The van der Waals surface area contributed by atoms with E-state index in [0.29, 0.717) is 12.8 Å². The van der Waals surface area contributed by atoms with Gasteiger partial charge in [-0.25, -0.2) is 0 Å². The summed E-state index contributed by atoms with van der Waals surface area (Å²) in [5.41, 5.74) is 0. The first-order valence-corrected chi connectivity index (χ1v) is 5.28. The lowest BCUT2D eigenvalue weighted by Gasteiger charge is -2.29. The third-order valence-electron chi connectivity index (χ3n) is 2.64. The Morgan fingerprint density at radius 3 is 2.57 bits per heavy atom. The highest BCUT2D eigenvalue weighted by molar-refractivity contribution is 5.83. The van der Waals surface area contributed by atoms with Gasteiger partial charge in [0.15, 0.2) is 0 Å². The van der Waals surface area contributed by atoms with Crippen LogP contribution in [-0.2, 0) is 9.59 Å². The van der Waals surface area contributed by atoms with Gasteiger partial charge in [-0.2, -0.15) is 0 Å². The van der Waals surface area contributed by atoms with Crippen LogP contribution < -0.4 is 5.32 Å². The summed E-state index contributed by atoms with van der Waals surface area (Å²) in [7, 11) is 0. The number of nitrogens with one attached hydrogen (secondary N) is 1. The standard InChI is InChI=1S/C10H18N2O2/c1-2-9(11-8-13)10(14)12-6-4-3-5-7-12/h8-9H,2-7H2,1H3,(H,11,13). The quantitative estimate of drug-likeness (QED) is 0.670. The third-order valence-corrected chi connectivity index (χ3v) is 2.64. The first-order valence-electron chi connectivity index (χ1n) is 5.28. The van der Waals surface area contributed by atoms with E-state index >= 15 is 0 Å². The molecule has 0 bridgehead atoms. The molecule has 2 amide bonds. The highest BCUT2D eigenvalue weighted by Crippen LogP contribution is 2.10. The first-order chi connectivity index (χ1) is 6.79. The molecular formula is C10H18N2O2. The second-order valence-electron chi connectivity index (χ2n) is 3.63. The van der Waals surface area contributed by atoms with Crippen molar-refractivity contribution in [2.24, 2.45) is 0 Å². The van der Waals surface area contributed by atoms with Crippen LogP contribution in [0.5, 0.6) is 0 Å². The smallest absolute Gasteiger partial charge is 0.245 e. The molecule has 1 rings (SSSR count). The van der Waals surface area contributed by atoms with E-state index in [4.69, 9.17) is 0 Å². The second kappa shape index (κ2) is 5.62. The molecule has 1 N–H and O–H groups in total. The fourth-order valence-corrected chi connectivity index (χ4v) is 1.78. The predicted octanol–water partition coefficient (Wildman–Crippen LogP) is 0.523. The van der Waals surface area contributed by atoms with Gasteiger partial charge in [-0.05, 0) is 25.7 Å². The van der Waals surface area contributed by atoms with E-state index in [1.165, 1.54) is 6.42 Å². The van der Waals surface area contributed by atoms with Crippen molar-refractivity contribution in [1.82, 2.24) is 10.2 Å². The van der Waals surface area contributed by atoms with E-state index in [0.717, 1.165) is 25.9 Å². The van der Waals surface area contributed by atoms with Gasteiger partial charge in [0.25, 0.3) is 0 Å². The average molecular weight is 198 g/mol. The van der Waals surface area contributed by atoms with Crippen LogP contribution in [0.3, 0.4) is 0 Å². The highest BCUT2D eigenvalue weighted by atomic mass is 16.2. The summed E-state index contributed by atoms with van der Waals surface area (Å²) in [5, 5.41) is 2.56. The molecule has 1 saturated heterocycles. The fraction of sp³-hybridized carbons (Fsp3) is 0.800. The Balaban J connectivity index is 2.47. The fourth-order valence-electron chi connectivity index (χ4n) is 1.78. The van der Waals surface area contributed by atoms with Crippen LogP contribution >= 0.6 is 0 Å². The molecule has 80 valence electrons. The van der Waals surface area contributed by atoms with Crippen molar-refractivity contribution < 1.29 is 9.59 Å². The molecule has 0 aromatic rings. The summed E-state index contributed by atoms with van der Waals surface area (Å²) in [4.78, 5) is 24.0. The zero-order chi connectivity index (χ0) is 10.4. The number of rotatable bonds is 4. The van der Waals surface area contributed by atoms with Gasteiger partial charge in [-0.15, -0.1) is 0 Å². The molecule has 0 aromatic heterocycles. The minimum Gasteiger partial charge on any atom is -0.347 e. The molecule has 1 unspecified atom stereocenters. The predicted molar refractivity (Wildman–Crippen MR) is 53.7 cm³/mol. The molecule has 0 saturated carbocycles. The Morgan fingerprint density at radius 1 is 1.43 bits per heavy atom. The number of hydrogen-bond donors (Lipinski definition) is 1. The van der Waals surface area contributed by atoms with E-state index in [1.54, 1.807) is 0 Å². The number of carbonyl (C=O) groups excluding carboxylic acids is 2. The molecule has 4 nitrogen and oxygen atoms in total. The van der Waals surface area contributed by atoms with Crippen LogP contribution in [0.25, 0.3) is 0 Å². The Morgan fingerprint density at radius 2 is 2.07 bits per heavy atom. The van der Waals surface area contributed by atoms with E-state index in [9.17, 15) is 9.59 Å². The number of amides is 2. The number of hydrogen-bond acceptors (Lipinski definition) is 2. The van der Waals surface area contributed by atoms with Crippen LogP contribution in [-0.4, -0.2) is 36.3 Å². The van der Waals surface area contributed by atoms with Gasteiger partial charge in [-0.3, -0.25) is 9.59 Å². The Bertz CT molecular complexity index is 200. The molecule has 4 heteroatoms. The Hall–Kier alpha value is -1.06. The zero-order valence-electron chi connectivity index (χ0n) is 8.66. The molecule has 1 aliphatic heterocycles. The van der Waals surface area contributed by atoms with Crippen molar-refractivity contribution in [1.29, 1.82) is 0 Å². The molecule has 1 heterocycles. The summed E-state index contributed by atoms with van der Waals surface area (Å²) in [6.45, 7) is 3.59. The van der Waals surface area contributed by atoms with Crippen molar-refractivity contribution >= 4 is 12.3 Å². The van der Waals surface area contributed by atoms with Gasteiger partial charge in [-0.1, -0.05) is 6.92 Å². The van der Waals surface area contributed by atoms with Crippen molar-refractivity contribution in [2.75, 3.05) is 13.1 Å². The zero-order valence-corrected chi connectivity index (χ0v) is 8.66. The molecule has 1 aliphatic rings. The van der Waals surface area contributed by atoms with Crippen LogP contribution in [0.15, 0.2) is 0 Å². The minimum absolute atomic E-state index is 0.0688. The summed E-state index contributed by atoms with van der Waals surface area (Å²) < 4.78 is 0. The molecule has 1 atom stereocenters. The molecule has 0 radical (unpaired) electrons. The van der Waals surface area contributed by atoms with Gasteiger partial charge in [0.2, 0.25) is 12.3 Å². The molecule has 0 aromatic carbocycles. The molecular weight excluding hydrogens is 180 g/mol. The summed E-state index contributed by atoms with van der Waals surface area (Å²) >= 11 is 0. The maximum Gasteiger partial charge on any atom is 0.245 e. The lowest BCUT2D eigenvalue weighted by atomic mass is 10.1. The average Bonchev–Trinajstić information content (AvgIpc) is 2.26. The normalized spacial score (nSPS) is 18.8. The van der Waals surface area contributed by atoms with Gasteiger partial charge in [0.05, 0.1) is 0 Å². The lowest BCUT2D eigenvalue weighted by molar-refractivity contribution is -0.135. The third kappa shape index (κ3) is 2.72. The van der Waals surface area contributed by atoms with Gasteiger partial charge in [0, 0.05) is 13.1 Å². The number of likely N-dealkylation sites (tertiary alicyclic amines) is 1. The first kappa shape index (κ1) is 11.0. The SMILES string of the molecule is CCC(NC=O)C(=O)N1CCCCC1. The van der Waals surface area contributed by atoms with Crippen LogP contribution in [0, 0.1) is 0 Å².